The molecule has 0 bridgehead atoms. The first-order valence-electron chi connectivity index (χ1n) is 7.56. The van der Waals surface area contributed by atoms with Crippen LogP contribution in [-0.4, -0.2) is 10.9 Å². The van der Waals surface area contributed by atoms with Gasteiger partial charge >= 0.3 is 0 Å². The van der Waals surface area contributed by atoms with Crippen molar-refractivity contribution >= 4 is 34.0 Å². The minimum absolute atomic E-state index is 0.0764. The lowest BCUT2D eigenvalue weighted by molar-refractivity contribution is -0.115. The predicted molar refractivity (Wildman–Crippen MR) is 94.9 cm³/mol. The van der Waals surface area contributed by atoms with E-state index in [1.54, 1.807) is 12.4 Å². The molecule has 0 aliphatic heterocycles. The average molecular weight is 325 g/mol. The van der Waals surface area contributed by atoms with Gasteiger partial charge in [-0.3, -0.25) is 9.78 Å². The number of nitrogens with zero attached hydrogens (tertiary/aromatic N) is 1. The predicted octanol–water partition coefficient (Wildman–Crippen LogP) is 4.63. The second-order valence-corrected chi connectivity index (χ2v) is 5.89. The van der Waals surface area contributed by atoms with Crippen molar-refractivity contribution in [1.29, 1.82) is 0 Å². The Morgan fingerprint density at radius 2 is 1.91 bits per heavy atom. The first-order chi connectivity index (χ1) is 11.2. The molecule has 0 aliphatic rings. The van der Waals surface area contributed by atoms with E-state index in [9.17, 15) is 4.79 Å². The third-order valence-electron chi connectivity index (χ3n) is 3.73. The molecule has 1 heterocycles. The van der Waals surface area contributed by atoms with Crippen molar-refractivity contribution in [2.24, 2.45) is 0 Å². The van der Waals surface area contributed by atoms with Crippen LogP contribution in [0.25, 0.3) is 10.8 Å². The number of nitrogens with one attached hydrogen (secondary N) is 1. The molecule has 3 nitrogen and oxygen atoms in total. The zero-order valence-electron chi connectivity index (χ0n) is 12.8. The Kier molecular flexibility index (Phi) is 4.58. The molecule has 0 aliphatic carbocycles. The lowest BCUT2D eigenvalue weighted by Gasteiger charge is -2.09. The van der Waals surface area contributed by atoms with Crippen molar-refractivity contribution in [2.75, 3.05) is 5.32 Å². The molecule has 2 aromatic carbocycles. The molecule has 0 fully saturated rings. The number of pyridine rings is 1. The van der Waals surface area contributed by atoms with Gasteiger partial charge in [0.2, 0.25) is 5.91 Å². The number of rotatable bonds is 4. The highest BCUT2D eigenvalue weighted by Gasteiger charge is 2.08. The molecule has 0 spiro atoms. The number of amides is 1. The largest absolute Gasteiger partial charge is 0.324 e. The van der Waals surface area contributed by atoms with Crippen LogP contribution in [0.2, 0.25) is 5.02 Å². The van der Waals surface area contributed by atoms with Crippen LogP contribution >= 0.6 is 11.6 Å². The van der Waals surface area contributed by atoms with Crippen LogP contribution in [0.15, 0.2) is 54.9 Å². The van der Waals surface area contributed by atoms with Gasteiger partial charge in [0.05, 0.1) is 18.3 Å². The fourth-order valence-corrected chi connectivity index (χ4v) is 2.90. The van der Waals surface area contributed by atoms with Crippen LogP contribution in [0, 0.1) is 0 Å². The van der Waals surface area contributed by atoms with Crippen molar-refractivity contribution < 1.29 is 4.79 Å². The van der Waals surface area contributed by atoms with Crippen LogP contribution in [-0.2, 0) is 17.6 Å². The summed E-state index contributed by atoms with van der Waals surface area (Å²) in [7, 11) is 0. The molecule has 0 radical (unpaired) electrons. The number of anilines is 1. The normalized spacial score (nSPS) is 10.7. The molecular weight excluding hydrogens is 308 g/mol. The third kappa shape index (κ3) is 3.69. The molecule has 0 saturated carbocycles. The Bertz CT molecular complexity index is 856. The monoisotopic (exact) mass is 324 g/mol. The molecule has 0 saturated heterocycles. The minimum Gasteiger partial charge on any atom is -0.324 e. The summed E-state index contributed by atoms with van der Waals surface area (Å²) in [5.74, 6) is -0.0764. The molecular formula is C19H17ClN2O. The molecule has 1 aromatic heterocycles. The van der Waals surface area contributed by atoms with Crippen molar-refractivity contribution in [3.8, 4) is 0 Å². The number of hydrogen-bond donors (Lipinski definition) is 1. The van der Waals surface area contributed by atoms with Gasteiger partial charge in [0.1, 0.15) is 0 Å². The molecule has 1 N–H and O–H groups in total. The third-order valence-corrected chi connectivity index (χ3v) is 3.95. The molecule has 3 rings (SSSR count). The lowest BCUT2D eigenvalue weighted by atomic mass is 10.1. The van der Waals surface area contributed by atoms with E-state index in [0.717, 1.165) is 34.0 Å². The Morgan fingerprint density at radius 3 is 2.74 bits per heavy atom. The summed E-state index contributed by atoms with van der Waals surface area (Å²) in [4.78, 5) is 16.5. The highest BCUT2D eigenvalue weighted by atomic mass is 35.5. The number of benzene rings is 2. The van der Waals surface area contributed by atoms with E-state index in [1.165, 1.54) is 0 Å². The van der Waals surface area contributed by atoms with Gasteiger partial charge in [-0.25, -0.2) is 0 Å². The number of aryl methyl sites for hydroxylation is 1. The first kappa shape index (κ1) is 15.5. The van der Waals surface area contributed by atoms with Gasteiger partial charge in [0, 0.05) is 22.0 Å². The van der Waals surface area contributed by atoms with Crippen LogP contribution in [0.5, 0.6) is 0 Å². The summed E-state index contributed by atoms with van der Waals surface area (Å²) in [6.07, 6.45) is 4.64. The van der Waals surface area contributed by atoms with Gasteiger partial charge in [0.15, 0.2) is 0 Å². The number of hydrogen-bond acceptors (Lipinski definition) is 2. The van der Waals surface area contributed by atoms with Crippen LogP contribution in [0.1, 0.15) is 18.1 Å². The highest BCUT2D eigenvalue weighted by Crippen LogP contribution is 2.22. The zero-order valence-corrected chi connectivity index (χ0v) is 13.6. The van der Waals surface area contributed by atoms with E-state index in [1.807, 2.05) is 42.5 Å². The van der Waals surface area contributed by atoms with Crippen molar-refractivity contribution in [1.82, 2.24) is 4.98 Å². The Labute approximate surface area is 140 Å². The summed E-state index contributed by atoms with van der Waals surface area (Å²) >= 11 is 6.11. The number of carbonyl (C=O) groups excluding carboxylic acids is 1. The number of aromatic nitrogens is 1. The zero-order chi connectivity index (χ0) is 16.2. The van der Waals surface area contributed by atoms with Crippen LogP contribution < -0.4 is 5.32 Å². The standard InChI is InChI=1S/C19H17ClN2O/c1-2-13-7-14(9-16(20)8-13)10-19(23)22-18-12-21-11-15-5-3-4-6-17(15)18/h3-9,11-12H,2,10H2,1H3,(H,22,23). The summed E-state index contributed by atoms with van der Waals surface area (Å²) in [6.45, 7) is 2.07. The van der Waals surface area contributed by atoms with Gasteiger partial charge in [0.25, 0.3) is 0 Å². The minimum atomic E-state index is -0.0764. The van der Waals surface area contributed by atoms with E-state index in [2.05, 4.69) is 17.2 Å². The van der Waals surface area contributed by atoms with E-state index >= 15 is 0 Å². The highest BCUT2D eigenvalue weighted by molar-refractivity contribution is 6.30. The maximum absolute atomic E-state index is 12.4. The Morgan fingerprint density at radius 1 is 1.13 bits per heavy atom. The molecule has 0 atom stereocenters. The van der Waals surface area contributed by atoms with Gasteiger partial charge < -0.3 is 5.32 Å². The maximum Gasteiger partial charge on any atom is 0.228 e. The molecule has 3 aromatic rings. The quantitative estimate of drug-likeness (QED) is 0.760. The van der Waals surface area contributed by atoms with E-state index in [-0.39, 0.29) is 12.3 Å². The number of halogens is 1. The fraction of sp³-hybridized carbons (Fsp3) is 0.158. The fourth-order valence-electron chi connectivity index (χ4n) is 2.62. The van der Waals surface area contributed by atoms with Crippen molar-refractivity contribution in [3.63, 3.8) is 0 Å². The lowest BCUT2D eigenvalue weighted by Crippen LogP contribution is -2.15. The van der Waals surface area contributed by atoms with Gasteiger partial charge in [-0.2, -0.15) is 0 Å². The second kappa shape index (κ2) is 6.80. The molecule has 1 amide bonds. The second-order valence-electron chi connectivity index (χ2n) is 5.45. The van der Waals surface area contributed by atoms with Gasteiger partial charge in [-0.05, 0) is 29.7 Å². The van der Waals surface area contributed by atoms with Crippen LogP contribution in [0.3, 0.4) is 0 Å². The van der Waals surface area contributed by atoms with Crippen molar-refractivity contribution in [3.05, 3.63) is 71.0 Å². The van der Waals surface area contributed by atoms with Gasteiger partial charge in [-0.1, -0.05) is 48.9 Å². The Hall–Kier alpha value is -2.39. The van der Waals surface area contributed by atoms with E-state index in [0.29, 0.717) is 5.02 Å². The Balaban J connectivity index is 1.80. The maximum atomic E-state index is 12.4. The summed E-state index contributed by atoms with van der Waals surface area (Å²) in [5, 5.41) is 5.60. The van der Waals surface area contributed by atoms with E-state index < -0.39 is 0 Å². The molecule has 0 unspecified atom stereocenters. The first-order valence-corrected chi connectivity index (χ1v) is 7.94. The SMILES string of the molecule is CCc1cc(Cl)cc(CC(=O)Nc2cncc3ccccc23)c1. The number of carbonyl (C=O) groups is 1. The molecule has 4 heteroatoms. The smallest absolute Gasteiger partial charge is 0.228 e. The summed E-state index contributed by atoms with van der Waals surface area (Å²) in [6, 6.07) is 13.6. The molecule has 23 heavy (non-hydrogen) atoms. The number of fused-ring (bicyclic) bond motifs is 1. The summed E-state index contributed by atoms with van der Waals surface area (Å²) in [5.41, 5.74) is 2.78. The van der Waals surface area contributed by atoms with Gasteiger partial charge in [-0.15, -0.1) is 0 Å². The van der Waals surface area contributed by atoms with Crippen LogP contribution in [0.4, 0.5) is 5.69 Å². The topological polar surface area (TPSA) is 42.0 Å². The summed E-state index contributed by atoms with van der Waals surface area (Å²) < 4.78 is 0. The molecule has 116 valence electrons. The van der Waals surface area contributed by atoms with Crippen molar-refractivity contribution in [2.45, 2.75) is 19.8 Å². The average Bonchev–Trinajstić information content (AvgIpc) is 2.54. The van der Waals surface area contributed by atoms with E-state index in [4.69, 9.17) is 11.6 Å².